The minimum atomic E-state index is -0.129. The standard InChI is InChI=1S/C12H13N5OS/c18-12-16-5-3-14-9-11(16)15-17(12)6-4-13-8-10-2-1-7-19-10/h1-3,5,7,9,13H,4,6,8H2. The van der Waals surface area contributed by atoms with E-state index < -0.39 is 0 Å². The molecule has 0 fully saturated rings. The Hall–Kier alpha value is -1.99. The molecule has 3 rings (SSSR count). The van der Waals surface area contributed by atoms with Crippen LogP contribution in [0.15, 0.2) is 40.9 Å². The number of rotatable bonds is 5. The van der Waals surface area contributed by atoms with Crippen LogP contribution >= 0.6 is 11.3 Å². The number of fused-ring (bicyclic) bond motifs is 1. The first-order chi connectivity index (χ1) is 9.34. The van der Waals surface area contributed by atoms with E-state index in [9.17, 15) is 4.79 Å². The molecule has 0 bridgehead atoms. The van der Waals surface area contributed by atoms with Gasteiger partial charge in [-0.2, -0.15) is 0 Å². The van der Waals surface area contributed by atoms with Gasteiger partial charge in [-0.15, -0.1) is 16.4 Å². The number of aromatic nitrogens is 4. The second kappa shape index (κ2) is 5.33. The zero-order valence-electron chi connectivity index (χ0n) is 10.2. The largest absolute Gasteiger partial charge is 0.350 e. The number of thiophene rings is 1. The molecule has 3 aromatic rings. The monoisotopic (exact) mass is 275 g/mol. The number of nitrogens with one attached hydrogen (secondary N) is 1. The molecule has 3 aromatic heterocycles. The molecule has 0 aliphatic heterocycles. The van der Waals surface area contributed by atoms with E-state index in [2.05, 4.69) is 26.8 Å². The average molecular weight is 275 g/mol. The Morgan fingerprint density at radius 1 is 1.42 bits per heavy atom. The second-order valence-electron chi connectivity index (χ2n) is 4.07. The first-order valence-electron chi connectivity index (χ1n) is 5.97. The molecule has 0 amide bonds. The van der Waals surface area contributed by atoms with Crippen molar-refractivity contribution >= 4 is 17.0 Å². The Morgan fingerprint density at radius 3 is 3.16 bits per heavy atom. The van der Waals surface area contributed by atoms with Gasteiger partial charge in [0, 0.05) is 30.4 Å². The molecule has 0 spiro atoms. The molecule has 0 unspecified atom stereocenters. The summed E-state index contributed by atoms with van der Waals surface area (Å²) < 4.78 is 2.95. The SMILES string of the molecule is O=c1n(CCNCc2cccs2)nc2cnccn12. The molecular weight excluding hydrogens is 262 g/mol. The van der Waals surface area contributed by atoms with Crippen molar-refractivity contribution in [2.24, 2.45) is 0 Å². The average Bonchev–Trinajstić information content (AvgIpc) is 3.04. The van der Waals surface area contributed by atoms with Crippen molar-refractivity contribution in [2.45, 2.75) is 13.1 Å². The van der Waals surface area contributed by atoms with Crippen LogP contribution in [0.4, 0.5) is 0 Å². The maximum Gasteiger partial charge on any atom is 0.350 e. The van der Waals surface area contributed by atoms with Crippen molar-refractivity contribution in [2.75, 3.05) is 6.54 Å². The highest BCUT2D eigenvalue weighted by Gasteiger charge is 2.05. The molecule has 3 heterocycles. The van der Waals surface area contributed by atoms with Crippen LogP contribution in [0.1, 0.15) is 4.88 Å². The van der Waals surface area contributed by atoms with Crippen molar-refractivity contribution in [3.05, 3.63) is 51.5 Å². The Kier molecular flexibility index (Phi) is 3.39. The highest BCUT2D eigenvalue weighted by Crippen LogP contribution is 2.06. The summed E-state index contributed by atoms with van der Waals surface area (Å²) in [5.74, 6) is 0. The maximum atomic E-state index is 12.0. The van der Waals surface area contributed by atoms with Gasteiger partial charge in [0.1, 0.15) is 0 Å². The third-order valence-corrected chi connectivity index (χ3v) is 3.64. The minimum absolute atomic E-state index is 0.129. The van der Waals surface area contributed by atoms with Crippen molar-refractivity contribution < 1.29 is 0 Å². The van der Waals surface area contributed by atoms with Gasteiger partial charge in [0.2, 0.25) is 0 Å². The van der Waals surface area contributed by atoms with E-state index in [0.29, 0.717) is 18.7 Å². The summed E-state index contributed by atoms with van der Waals surface area (Å²) in [5, 5.41) is 9.56. The predicted molar refractivity (Wildman–Crippen MR) is 73.3 cm³/mol. The lowest BCUT2D eigenvalue weighted by Crippen LogP contribution is -2.27. The van der Waals surface area contributed by atoms with E-state index in [1.165, 1.54) is 14.0 Å². The van der Waals surface area contributed by atoms with E-state index in [-0.39, 0.29) is 5.69 Å². The molecule has 0 aliphatic rings. The van der Waals surface area contributed by atoms with Crippen LogP contribution in [0.2, 0.25) is 0 Å². The summed E-state index contributed by atoms with van der Waals surface area (Å²) in [7, 11) is 0. The summed E-state index contributed by atoms with van der Waals surface area (Å²) in [6.07, 6.45) is 4.78. The Balaban J connectivity index is 1.62. The fraction of sp³-hybridized carbons (Fsp3) is 0.250. The van der Waals surface area contributed by atoms with Gasteiger partial charge in [-0.3, -0.25) is 4.98 Å². The van der Waals surface area contributed by atoms with Gasteiger partial charge in [0.05, 0.1) is 12.7 Å². The molecule has 0 aliphatic carbocycles. The Bertz CT molecular complexity index is 715. The summed E-state index contributed by atoms with van der Waals surface area (Å²) >= 11 is 1.72. The molecule has 7 heteroatoms. The fourth-order valence-corrected chi connectivity index (χ4v) is 2.51. The molecule has 0 aromatic carbocycles. The highest BCUT2D eigenvalue weighted by atomic mass is 32.1. The van der Waals surface area contributed by atoms with Gasteiger partial charge in [-0.25, -0.2) is 13.9 Å². The quantitative estimate of drug-likeness (QED) is 0.698. The molecular formula is C12H13N5OS. The summed E-state index contributed by atoms with van der Waals surface area (Å²) in [4.78, 5) is 17.2. The summed E-state index contributed by atoms with van der Waals surface area (Å²) in [6.45, 7) is 2.07. The second-order valence-corrected chi connectivity index (χ2v) is 5.10. The van der Waals surface area contributed by atoms with Crippen molar-refractivity contribution in [1.82, 2.24) is 24.5 Å². The first-order valence-corrected chi connectivity index (χ1v) is 6.85. The molecule has 19 heavy (non-hydrogen) atoms. The van der Waals surface area contributed by atoms with Gasteiger partial charge in [0.15, 0.2) is 5.65 Å². The molecule has 0 saturated carbocycles. The molecule has 0 radical (unpaired) electrons. The van der Waals surface area contributed by atoms with Crippen molar-refractivity contribution in [1.29, 1.82) is 0 Å². The van der Waals surface area contributed by atoms with E-state index in [0.717, 1.165) is 6.54 Å². The lowest BCUT2D eigenvalue weighted by atomic mass is 10.4. The zero-order valence-corrected chi connectivity index (χ0v) is 11.0. The highest BCUT2D eigenvalue weighted by molar-refractivity contribution is 7.09. The van der Waals surface area contributed by atoms with Crippen LogP contribution < -0.4 is 11.0 Å². The zero-order chi connectivity index (χ0) is 13.1. The maximum absolute atomic E-state index is 12.0. The number of hydrogen-bond donors (Lipinski definition) is 1. The molecule has 1 N–H and O–H groups in total. The van der Waals surface area contributed by atoms with Crippen LogP contribution in [-0.2, 0) is 13.1 Å². The summed E-state index contributed by atoms with van der Waals surface area (Å²) in [6, 6.07) is 4.11. The van der Waals surface area contributed by atoms with Crippen molar-refractivity contribution in [3.63, 3.8) is 0 Å². The van der Waals surface area contributed by atoms with Gasteiger partial charge >= 0.3 is 5.69 Å². The molecule has 0 saturated heterocycles. The van der Waals surface area contributed by atoms with Crippen molar-refractivity contribution in [3.8, 4) is 0 Å². The molecule has 6 nitrogen and oxygen atoms in total. The van der Waals surface area contributed by atoms with Crippen LogP contribution in [0.25, 0.3) is 5.65 Å². The first kappa shape index (κ1) is 12.1. The van der Waals surface area contributed by atoms with E-state index >= 15 is 0 Å². The third kappa shape index (κ3) is 2.56. The van der Waals surface area contributed by atoms with Gasteiger partial charge in [0.25, 0.3) is 0 Å². The van der Waals surface area contributed by atoms with E-state index in [1.807, 2.05) is 6.07 Å². The topological polar surface area (TPSA) is 64.2 Å². The molecule has 0 atom stereocenters. The fourth-order valence-electron chi connectivity index (χ4n) is 1.84. The van der Waals surface area contributed by atoms with Crippen LogP contribution in [0.3, 0.4) is 0 Å². The lowest BCUT2D eigenvalue weighted by Gasteiger charge is -2.01. The van der Waals surface area contributed by atoms with E-state index in [1.54, 1.807) is 29.9 Å². The minimum Gasteiger partial charge on any atom is -0.310 e. The van der Waals surface area contributed by atoms with Gasteiger partial charge in [-0.1, -0.05) is 6.07 Å². The van der Waals surface area contributed by atoms with Gasteiger partial charge < -0.3 is 5.32 Å². The van der Waals surface area contributed by atoms with Crippen LogP contribution in [-0.4, -0.2) is 25.7 Å². The Morgan fingerprint density at radius 2 is 2.37 bits per heavy atom. The summed E-state index contributed by atoms with van der Waals surface area (Å²) in [5.41, 5.74) is 0.445. The molecule has 98 valence electrons. The van der Waals surface area contributed by atoms with E-state index in [4.69, 9.17) is 0 Å². The lowest BCUT2D eigenvalue weighted by molar-refractivity contribution is 0.543. The van der Waals surface area contributed by atoms with Crippen LogP contribution in [0.5, 0.6) is 0 Å². The Labute approximate surface area is 113 Å². The van der Waals surface area contributed by atoms with Crippen LogP contribution in [0, 0.1) is 0 Å². The normalized spacial score (nSPS) is 11.2. The third-order valence-electron chi connectivity index (χ3n) is 2.77. The number of nitrogens with zero attached hydrogens (tertiary/aromatic N) is 4. The number of hydrogen-bond acceptors (Lipinski definition) is 5. The smallest absolute Gasteiger partial charge is 0.310 e. The predicted octanol–water partition coefficient (Wildman–Crippen LogP) is 0.742. The van der Waals surface area contributed by atoms with Gasteiger partial charge in [-0.05, 0) is 11.4 Å².